The van der Waals surface area contributed by atoms with Gasteiger partial charge in [0.25, 0.3) is 11.8 Å². The van der Waals surface area contributed by atoms with Crippen molar-refractivity contribution in [3.05, 3.63) is 88.9 Å². The minimum atomic E-state index is -4.09. The van der Waals surface area contributed by atoms with Gasteiger partial charge < -0.3 is 14.9 Å². The van der Waals surface area contributed by atoms with E-state index in [1.54, 1.807) is 12.3 Å². The van der Waals surface area contributed by atoms with E-state index in [2.05, 4.69) is 15.0 Å². The van der Waals surface area contributed by atoms with E-state index in [0.29, 0.717) is 79.0 Å². The van der Waals surface area contributed by atoms with Crippen molar-refractivity contribution in [3.8, 4) is 11.1 Å². The number of aliphatic carboxylic acids is 1. The smallest absolute Gasteiger partial charge is 0.306 e. The molecule has 304 valence electrons. The van der Waals surface area contributed by atoms with Crippen molar-refractivity contribution < 1.29 is 27.9 Å². The van der Waals surface area contributed by atoms with Gasteiger partial charge in [-0.2, -0.15) is 5.10 Å². The fourth-order valence-corrected chi connectivity index (χ4v) is 10.3. The monoisotopic (exact) mass is 824 g/mol. The second-order valence-electron chi connectivity index (χ2n) is 15.7. The number of nitrogens with one attached hydrogen (secondary N) is 2. The van der Waals surface area contributed by atoms with Gasteiger partial charge in [0.15, 0.2) is 5.13 Å². The number of amides is 2. The number of likely N-dealkylation sites (tertiary alicyclic amines) is 1. The zero-order chi connectivity index (χ0) is 40.4. The van der Waals surface area contributed by atoms with Gasteiger partial charge in [-0.05, 0) is 99.5 Å². The fourth-order valence-electron chi connectivity index (χ4n) is 8.50. The van der Waals surface area contributed by atoms with Gasteiger partial charge >= 0.3 is 5.97 Å². The summed E-state index contributed by atoms with van der Waals surface area (Å²) in [4.78, 5) is 52.6. The van der Waals surface area contributed by atoms with Crippen LogP contribution < -0.4 is 14.9 Å². The summed E-state index contributed by atoms with van der Waals surface area (Å²) in [5.74, 6) is -1.69. The van der Waals surface area contributed by atoms with E-state index < -0.39 is 27.8 Å². The van der Waals surface area contributed by atoms with Crippen LogP contribution in [0.2, 0.25) is 0 Å². The standard InChI is InChI=1S/C42H48N8O6S2/c1-27-33(24-43-50(27)25-28-8-3-2-4-9-28)31-14-15-37(45-38(31)40(52)47-58(55,56)23-22-48-19-16-30(17-20-48)41(53)54)49-21-18-29-10-7-11-32(34(29)26-49)39(51)46-42-44-35-12-5-6-13-36(35)57-42/h5-7,10-15,24,28,30H,2-4,8-9,16-23,25-26H2,1H3,(H,47,52)(H,53,54)(H,44,46,51). The number of carbonyl (C=O) groups is 3. The van der Waals surface area contributed by atoms with Crippen LogP contribution in [0.4, 0.5) is 10.9 Å². The Hall–Kier alpha value is -5.19. The number of hydrogen-bond donors (Lipinski definition) is 3. The molecule has 3 aliphatic rings. The van der Waals surface area contributed by atoms with Crippen LogP contribution in [-0.2, 0) is 34.3 Å². The molecule has 2 fully saturated rings. The Balaban J connectivity index is 1.05. The first-order chi connectivity index (χ1) is 28.0. The van der Waals surface area contributed by atoms with Crippen molar-refractivity contribution >= 4 is 60.3 Å². The molecule has 2 amide bonds. The van der Waals surface area contributed by atoms with Crippen LogP contribution in [0, 0.1) is 18.8 Å². The zero-order valence-corrected chi connectivity index (χ0v) is 34.2. The van der Waals surface area contributed by atoms with Gasteiger partial charge in [0, 0.05) is 48.6 Å². The molecule has 3 N–H and O–H groups in total. The summed E-state index contributed by atoms with van der Waals surface area (Å²) in [7, 11) is -4.09. The quantitative estimate of drug-likeness (QED) is 0.132. The number of carboxylic acids is 1. The predicted molar refractivity (Wildman–Crippen MR) is 224 cm³/mol. The number of benzene rings is 2. The highest BCUT2D eigenvalue weighted by atomic mass is 32.2. The minimum absolute atomic E-state index is 0.0312. The first kappa shape index (κ1) is 39.6. The van der Waals surface area contributed by atoms with Gasteiger partial charge in [0.1, 0.15) is 11.5 Å². The van der Waals surface area contributed by atoms with Crippen molar-refractivity contribution in [1.82, 2.24) is 29.4 Å². The lowest BCUT2D eigenvalue weighted by Gasteiger charge is -2.31. The summed E-state index contributed by atoms with van der Waals surface area (Å²) >= 11 is 1.41. The predicted octanol–water partition coefficient (Wildman–Crippen LogP) is 6.11. The maximum Gasteiger partial charge on any atom is 0.306 e. The van der Waals surface area contributed by atoms with Crippen LogP contribution in [0.25, 0.3) is 21.3 Å². The number of carbonyl (C=O) groups excluding carboxylic acids is 2. The molecule has 5 heterocycles. The average Bonchev–Trinajstić information content (AvgIpc) is 3.81. The van der Waals surface area contributed by atoms with Gasteiger partial charge in [-0.15, -0.1) is 0 Å². The molecule has 0 atom stereocenters. The van der Waals surface area contributed by atoms with Crippen LogP contribution >= 0.6 is 11.3 Å². The van der Waals surface area contributed by atoms with E-state index in [1.807, 2.05) is 69.9 Å². The first-order valence-electron chi connectivity index (χ1n) is 20.1. The highest BCUT2D eigenvalue weighted by Gasteiger charge is 2.29. The number of fused-ring (bicyclic) bond motifs is 2. The molecule has 0 radical (unpaired) electrons. The van der Waals surface area contributed by atoms with Crippen molar-refractivity contribution in [1.29, 1.82) is 0 Å². The van der Waals surface area contributed by atoms with Gasteiger partial charge in [0.2, 0.25) is 10.0 Å². The lowest BCUT2D eigenvalue weighted by Crippen LogP contribution is -2.41. The van der Waals surface area contributed by atoms with Crippen LogP contribution in [0.3, 0.4) is 0 Å². The van der Waals surface area contributed by atoms with Gasteiger partial charge in [-0.25, -0.2) is 23.1 Å². The molecule has 14 nitrogen and oxygen atoms in total. The fraction of sp³-hybridized carbons (Fsp3) is 0.429. The number of pyridine rings is 1. The minimum Gasteiger partial charge on any atom is -0.481 e. The highest BCUT2D eigenvalue weighted by Crippen LogP contribution is 2.33. The number of carboxylic acid groups (broad SMARTS) is 1. The number of sulfonamides is 1. The van der Waals surface area contributed by atoms with Crippen LogP contribution in [0.5, 0.6) is 0 Å². The third-order valence-electron chi connectivity index (χ3n) is 11.9. The number of nitrogens with zero attached hydrogens (tertiary/aromatic N) is 6. The lowest BCUT2D eigenvalue weighted by molar-refractivity contribution is -0.143. The number of rotatable bonds is 12. The van der Waals surface area contributed by atoms with E-state index >= 15 is 0 Å². The van der Waals surface area contributed by atoms with Crippen molar-refractivity contribution in [2.24, 2.45) is 11.8 Å². The van der Waals surface area contributed by atoms with E-state index in [4.69, 9.17) is 10.1 Å². The SMILES string of the molecule is Cc1c(-c2ccc(N3CCc4cccc(C(=O)Nc5nc6ccccc6s5)c4C3)nc2C(=O)NS(=O)(=O)CCN2CCC(C(=O)O)CC2)cnn1CC1CCCCC1. The number of aromatic nitrogens is 4. The molecule has 0 unspecified atom stereocenters. The summed E-state index contributed by atoms with van der Waals surface area (Å²) in [6.45, 7) is 4.78. The molecule has 0 bridgehead atoms. The van der Waals surface area contributed by atoms with Crippen LogP contribution in [-0.4, -0.2) is 87.9 Å². The largest absolute Gasteiger partial charge is 0.481 e. The molecule has 3 aromatic heterocycles. The zero-order valence-electron chi connectivity index (χ0n) is 32.5. The Morgan fingerprint density at radius 3 is 2.47 bits per heavy atom. The van der Waals surface area contributed by atoms with E-state index in [9.17, 15) is 27.9 Å². The molecule has 16 heteroatoms. The molecule has 5 aromatic rings. The van der Waals surface area contributed by atoms with Crippen LogP contribution in [0.1, 0.15) is 82.6 Å². The molecule has 1 saturated carbocycles. The number of thiazole rings is 1. The number of hydrogen-bond acceptors (Lipinski definition) is 11. The van der Waals surface area contributed by atoms with E-state index in [-0.39, 0.29) is 23.9 Å². The Labute approximate surface area is 341 Å². The van der Waals surface area contributed by atoms with E-state index in [1.165, 1.54) is 30.6 Å². The Kier molecular flexibility index (Phi) is 11.6. The normalized spacial score (nSPS) is 16.9. The molecule has 2 aromatic carbocycles. The number of anilines is 2. The molecular formula is C42H48N8O6S2. The number of para-hydroxylation sites is 1. The lowest BCUT2D eigenvalue weighted by atomic mass is 9.89. The molecular weight excluding hydrogens is 777 g/mol. The first-order valence-corrected chi connectivity index (χ1v) is 22.5. The molecule has 0 spiro atoms. The summed E-state index contributed by atoms with van der Waals surface area (Å²) in [6.07, 6.45) is 9.23. The topological polar surface area (TPSA) is 180 Å². The Morgan fingerprint density at radius 1 is 0.897 bits per heavy atom. The second kappa shape index (κ2) is 17.0. The number of piperidine rings is 1. The van der Waals surface area contributed by atoms with Gasteiger partial charge in [-0.1, -0.05) is 54.9 Å². The molecule has 58 heavy (non-hydrogen) atoms. The summed E-state index contributed by atoms with van der Waals surface area (Å²) in [6, 6.07) is 17.1. The average molecular weight is 825 g/mol. The summed E-state index contributed by atoms with van der Waals surface area (Å²) in [5, 5.41) is 17.6. The van der Waals surface area contributed by atoms with Crippen LogP contribution in [0.15, 0.2) is 60.8 Å². The molecule has 1 saturated heterocycles. The van der Waals surface area contributed by atoms with Crippen molar-refractivity contribution in [3.63, 3.8) is 0 Å². The second-order valence-corrected chi connectivity index (χ2v) is 18.5. The molecule has 8 rings (SSSR count). The third kappa shape index (κ3) is 8.78. The summed E-state index contributed by atoms with van der Waals surface area (Å²) < 4.78 is 32.1. The van der Waals surface area contributed by atoms with Gasteiger partial charge in [-0.3, -0.25) is 24.4 Å². The molecule has 2 aliphatic heterocycles. The van der Waals surface area contributed by atoms with Crippen molar-refractivity contribution in [2.45, 2.75) is 71.4 Å². The Bertz CT molecular complexity index is 2420. The maximum atomic E-state index is 14.1. The van der Waals surface area contributed by atoms with Crippen molar-refractivity contribution in [2.75, 3.05) is 42.1 Å². The summed E-state index contributed by atoms with van der Waals surface area (Å²) in [5.41, 5.74) is 5.25. The van der Waals surface area contributed by atoms with E-state index in [0.717, 1.165) is 46.4 Å². The maximum absolute atomic E-state index is 14.1. The Morgan fingerprint density at radius 2 is 1.69 bits per heavy atom. The third-order valence-corrected chi connectivity index (χ3v) is 14.0. The van der Waals surface area contributed by atoms with Gasteiger partial charge in [0.05, 0.1) is 28.1 Å². The molecule has 1 aliphatic carbocycles. The highest BCUT2D eigenvalue weighted by molar-refractivity contribution is 7.90.